The fraction of sp³-hybridized carbons (Fsp3) is 0.0769. The van der Waals surface area contributed by atoms with Gasteiger partial charge in [-0.2, -0.15) is 0 Å². The first-order valence-corrected chi connectivity index (χ1v) is 5.33. The molecular weight excluding hydrogens is 256 g/mol. The highest BCUT2D eigenvalue weighted by Crippen LogP contribution is 2.07. The van der Waals surface area contributed by atoms with E-state index in [1.807, 2.05) is 6.07 Å². The third kappa shape index (κ3) is 7.24. The van der Waals surface area contributed by atoms with E-state index in [-0.39, 0.29) is 5.03 Å². The summed E-state index contributed by atoms with van der Waals surface area (Å²) in [5.74, 6) is -0.974. The predicted octanol–water partition coefficient (Wildman–Crippen LogP) is 2.99. The van der Waals surface area contributed by atoms with E-state index in [9.17, 15) is 9.59 Å². The number of carboxylic acids is 1. The SMILES string of the molecule is C=CC(=O)Oc1ccccc1.CC=C(Cl)C(=O)O. The summed E-state index contributed by atoms with van der Waals surface area (Å²) in [6.07, 6.45) is 2.46. The molecule has 0 aliphatic heterocycles. The molecule has 1 aromatic carbocycles. The van der Waals surface area contributed by atoms with Gasteiger partial charge in [-0.1, -0.05) is 42.5 Å². The maximum Gasteiger partial charge on any atom is 0.346 e. The van der Waals surface area contributed by atoms with Gasteiger partial charge in [0, 0.05) is 6.08 Å². The fourth-order valence-electron chi connectivity index (χ4n) is 0.770. The Morgan fingerprint density at radius 2 is 1.89 bits per heavy atom. The largest absolute Gasteiger partial charge is 0.477 e. The molecule has 0 radical (unpaired) electrons. The van der Waals surface area contributed by atoms with Crippen LogP contribution in [0.1, 0.15) is 6.92 Å². The third-order valence-electron chi connectivity index (χ3n) is 1.59. The second-order valence-electron chi connectivity index (χ2n) is 2.88. The monoisotopic (exact) mass is 268 g/mol. The molecule has 0 aliphatic rings. The van der Waals surface area contributed by atoms with Gasteiger partial charge in [0.15, 0.2) is 0 Å². The van der Waals surface area contributed by atoms with Crippen molar-refractivity contribution in [3.05, 3.63) is 54.1 Å². The van der Waals surface area contributed by atoms with Gasteiger partial charge in [0.05, 0.1) is 0 Å². The highest BCUT2D eigenvalue weighted by atomic mass is 35.5. The second kappa shape index (κ2) is 9.01. The summed E-state index contributed by atoms with van der Waals surface area (Å²) in [5.41, 5.74) is 0. The van der Waals surface area contributed by atoms with Crippen LogP contribution in [0.2, 0.25) is 0 Å². The van der Waals surface area contributed by atoms with E-state index in [2.05, 4.69) is 6.58 Å². The molecule has 0 saturated carbocycles. The van der Waals surface area contributed by atoms with Crippen LogP contribution in [0.4, 0.5) is 0 Å². The highest BCUT2D eigenvalue weighted by molar-refractivity contribution is 6.40. The number of halogens is 1. The summed E-state index contributed by atoms with van der Waals surface area (Å²) >= 11 is 5.06. The van der Waals surface area contributed by atoms with Gasteiger partial charge in [-0.25, -0.2) is 9.59 Å². The second-order valence-corrected chi connectivity index (χ2v) is 3.29. The number of hydrogen-bond acceptors (Lipinski definition) is 3. The molecule has 0 bridgehead atoms. The zero-order valence-electron chi connectivity index (χ0n) is 9.80. The van der Waals surface area contributed by atoms with Gasteiger partial charge in [0.2, 0.25) is 0 Å². The van der Waals surface area contributed by atoms with Crippen molar-refractivity contribution in [3.8, 4) is 5.75 Å². The van der Waals surface area contributed by atoms with E-state index in [4.69, 9.17) is 21.4 Å². The molecule has 0 fully saturated rings. The van der Waals surface area contributed by atoms with Crippen LogP contribution >= 0.6 is 11.6 Å². The Morgan fingerprint density at radius 3 is 2.22 bits per heavy atom. The first-order chi connectivity index (χ1) is 8.51. The van der Waals surface area contributed by atoms with Gasteiger partial charge in [0.25, 0.3) is 0 Å². The van der Waals surface area contributed by atoms with Crippen LogP contribution in [-0.2, 0) is 9.59 Å². The number of para-hydroxylation sites is 1. The lowest BCUT2D eigenvalue weighted by Crippen LogP contribution is -2.02. The van der Waals surface area contributed by atoms with Crippen LogP contribution in [-0.4, -0.2) is 17.0 Å². The Kier molecular flexibility index (Phi) is 7.98. The lowest BCUT2D eigenvalue weighted by molar-refractivity contribution is -0.132. The van der Waals surface area contributed by atoms with Crippen molar-refractivity contribution in [2.45, 2.75) is 6.92 Å². The van der Waals surface area contributed by atoms with Crippen LogP contribution < -0.4 is 4.74 Å². The highest BCUT2D eigenvalue weighted by Gasteiger charge is 1.97. The topological polar surface area (TPSA) is 63.6 Å². The number of hydrogen-bond donors (Lipinski definition) is 1. The summed E-state index contributed by atoms with van der Waals surface area (Å²) < 4.78 is 4.81. The maximum atomic E-state index is 10.6. The number of carbonyl (C=O) groups excluding carboxylic acids is 1. The third-order valence-corrected chi connectivity index (χ3v) is 1.97. The Labute approximate surface area is 110 Å². The Balaban J connectivity index is 0.000000360. The lowest BCUT2D eigenvalue weighted by atomic mass is 10.3. The number of carbonyl (C=O) groups is 2. The van der Waals surface area contributed by atoms with Crippen LogP contribution in [0.15, 0.2) is 54.1 Å². The first-order valence-electron chi connectivity index (χ1n) is 4.95. The lowest BCUT2D eigenvalue weighted by Gasteiger charge is -1.98. The van der Waals surface area contributed by atoms with E-state index in [0.29, 0.717) is 5.75 Å². The number of benzene rings is 1. The zero-order chi connectivity index (χ0) is 14.0. The van der Waals surface area contributed by atoms with Crippen molar-refractivity contribution in [3.63, 3.8) is 0 Å². The molecular formula is C13H13ClO4. The van der Waals surface area contributed by atoms with Crippen molar-refractivity contribution < 1.29 is 19.4 Å². The maximum absolute atomic E-state index is 10.6. The minimum Gasteiger partial charge on any atom is -0.477 e. The van der Waals surface area contributed by atoms with Crippen LogP contribution in [0, 0.1) is 0 Å². The molecule has 0 spiro atoms. The number of carboxylic acid groups (broad SMARTS) is 1. The number of esters is 1. The molecule has 1 rings (SSSR count). The molecule has 1 N–H and O–H groups in total. The summed E-state index contributed by atoms with van der Waals surface area (Å²) in [7, 11) is 0. The quantitative estimate of drug-likeness (QED) is 0.520. The van der Waals surface area contributed by atoms with E-state index >= 15 is 0 Å². The van der Waals surface area contributed by atoms with Crippen molar-refractivity contribution >= 4 is 23.5 Å². The predicted molar refractivity (Wildman–Crippen MR) is 69.5 cm³/mol. The van der Waals surface area contributed by atoms with Crippen molar-refractivity contribution in [2.24, 2.45) is 0 Å². The number of allylic oxidation sites excluding steroid dienone is 1. The van der Waals surface area contributed by atoms with Crippen molar-refractivity contribution in [1.82, 2.24) is 0 Å². The molecule has 0 saturated heterocycles. The minimum absolute atomic E-state index is 0.139. The normalized spacial score (nSPS) is 9.78. The zero-order valence-corrected chi connectivity index (χ0v) is 10.6. The van der Waals surface area contributed by atoms with Gasteiger partial charge < -0.3 is 9.84 Å². The van der Waals surface area contributed by atoms with E-state index in [0.717, 1.165) is 6.08 Å². The van der Waals surface area contributed by atoms with Gasteiger partial charge in [0.1, 0.15) is 10.8 Å². The smallest absolute Gasteiger partial charge is 0.346 e. The Morgan fingerprint density at radius 1 is 1.33 bits per heavy atom. The van der Waals surface area contributed by atoms with Gasteiger partial charge in [-0.3, -0.25) is 0 Å². The van der Waals surface area contributed by atoms with Crippen molar-refractivity contribution in [1.29, 1.82) is 0 Å². The number of ether oxygens (including phenoxy) is 1. The molecule has 0 heterocycles. The average molecular weight is 269 g/mol. The standard InChI is InChI=1S/C9H8O2.C4H5ClO2/c1-2-9(10)11-8-6-4-3-5-7-8;1-2-3(5)4(6)7/h2-7H,1H2;2H,1H3,(H,6,7). The number of aliphatic carboxylic acids is 1. The summed E-state index contributed by atoms with van der Waals surface area (Å²) in [4.78, 5) is 20.4. The van der Waals surface area contributed by atoms with Crippen LogP contribution in [0.5, 0.6) is 5.75 Å². The van der Waals surface area contributed by atoms with E-state index in [1.54, 1.807) is 31.2 Å². The first kappa shape index (κ1) is 15.9. The molecule has 0 amide bonds. The average Bonchev–Trinajstić information content (AvgIpc) is 2.39. The Bertz CT molecular complexity index is 438. The van der Waals surface area contributed by atoms with E-state index < -0.39 is 11.9 Å². The molecule has 0 aromatic heterocycles. The molecule has 0 aliphatic carbocycles. The molecule has 4 nitrogen and oxygen atoms in total. The van der Waals surface area contributed by atoms with Gasteiger partial charge in [-0.15, -0.1) is 0 Å². The molecule has 5 heteroatoms. The minimum atomic E-state index is -1.08. The van der Waals surface area contributed by atoms with Crippen LogP contribution in [0.3, 0.4) is 0 Å². The molecule has 1 aromatic rings. The number of rotatable bonds is 3. The fourth-order valence-corrected chi connectivity index (χ4v) is 0.770. The summed E-state index contributed by atoms with van der Waals surface area (Å²) in [6.45, 7) is 4.85. The van der Waals surface area contributed by atoms with Crippen molar-refractivity contribution in [2.75, 3.05) is 0 Å². The van der Waals surface area contributed by atoms with Gasteiger partial charge >= 0.3 is 11.9 Å². The van der Waals surface area contributed by atoms with Crippen LogP contribution in [0.25, 0.3) is 0 Å². The Hall–Kier alpha value is -2.07. The molecule has 96 valence electrons. The summed E-state index contributed by atoms with van der Waals surface area (Å²) in [5, 5.41) is 7.84. The molecule has 18 heavy (non-hydrogen) atoms. The van der Waals surface area contributed by atoms with E-state index in [1.165, 1.54) is 6.08 Å². The molecule has 0 atom stereocenters. The molecule has 0 unspecified atom stereocenters. The van der Waals surface area contributed by atoms with Gasteiger partial charge in [-0.05, 0) is 19.1 Å². The summed E-state index contributed by atoms with van der Waals surface area (Å²) in [6, 6.07) is 8.87.